The molecule has 0 atom stereocenters. The van der Waals surface area contributed by atoms with Crippen LogP contribution in [0, 0.1) is 18.3 Å². The predicted molar refractivity (Wildman–Crippen MR) is 133 cm³/mol. The van der Waals surface area contributed by atoms with E-state index in [4.69, 9.17) is 0 Å². The van der Waals surface area contributed by atoms with E-state index in [0.717, 1.165) is 48.2 Å². The van der Waals surface area contributed by atoms with Gasteiger partial charge in [0.15, 0.2) is 5.82 Å². The third-order valence-electron chi connectivity index (χ3n) is 5.98. The predicted octanol–water partition coefficient (Wildman–Crippen LogP) is 5.05. The lowest BCUT2D eigenvalue weighted by molar-refractivity contribution is -0.113. The van der Waals surface area contributed by atoms with E-state index >= 15 is 0 Å². The topological polar surface area (TPSA) is 99.4 Å². The van der Waals surface area contributed by atoms with Gasteiger partial charge in [0, 0.05) is 16.9 Å². The average molecular weight is 469 g/mol. The van der Waals surface area contributed by atoms with Crippen molar-refractivity contribution >= 4 is 23.5 Å². The van der Waals surface area contributed by atoms with Crippen LogP contribution in [0.3, 0.4) is 0 Å². The molecule has 8 heteroatoms. The zero-order chi connectivity index (χ0) is 23.5. The molecule has 4 aromatic rings. The number of aromatic amines is 1. The van der Waals surface area contributed by atoms with Crippen molar-refractivity contribution in [2.75, 3.05) is 11.1 Å². The molecular formula is C26H24N6OS. The van der Waals surface area contributed by atoms with Gasteiger partial charge in [0.05, 0.1) is 11.3 Å². The number of aromatic nitrogens is 4. The second-order valence-corrected chi connectivity index (χ2v) is 9.25. The van der Waals surface area contributed by atoms with Crippen molar-refractivity contribution in [3.63, 3.8) is 0 Å². The Hall–Kier alpha value is -3.83. The van der Waals surface area contributed by atoms with Crippen molar-refractivity contribution in [1.82, 2.24) is 19.7 Å². The number of benzene rings is 2. The van der Waals surface area contributed by atoms with Gasteiger partial charge in [-0.15, -0.1) is 5.10 Å². The maximum Gasteiger partial charge on any atom is 0.236 e. The van der Waals surface area contributed by atoms with Gasteiger partial charge < -0.3 is 5.32 Å². The number of fused-ring (bicyclic) bond motifs is 1. The summed E-state index contributed by atoms with van der Waals surface area (Å²) in [5.41, 5.74) is 5.80. The maximum absolute atomic E-state index is 12.9. The van der Waals surface area contributed by atoms with Crippen molar-refractivity contribution in [2.45, 2.75) is 37.8 Å². The zero-order valence-electron chi connectivity index (χ0n) is 18.8. The van der Waals surface area contributed by atoms with Crippen LogP contribution in [0.4, 0.5) is 5.82 Å². The number of rotatable bonds is 6. The number of H-pyrrole nitrogens is 1. The van der Waals surface area contributed by atoms with Crippen LogP contribution in [0.1, 0.15) is 35.2 Å². The molecule has 2 N–H and O–H groups in total. The van der Waals surface area contributed by atoms with Crippen LogP contribution in [0.15, 0.2) is 59.8 Å². The first-order chi connectivity index (χ1) is 16.6. The Morgan fingerprint density at radius 3 is 2.68 bits per heavy atom. The summed E-state index contributed by atoms with van der Waals surface area (Å²) in [7, 11) is 0. The number of thioether (sulfide) groups is 1. The fraction of sp³-hybridized carbons (Fsp3) is 0.231. The van der Waals surface area contributed by atoms with E-state index in [1.54, 1.807) is 0 Å². The molecule has 2 heterocycles. The molecule has 0 radical (unpaired) electrons. The minimum Gasteiger partial charge on any atom is -0.310 e. The Kier molecular flexibility index (Phi) is 6.19. The van der Waals surface area contributed by atoms with Crippen molar-refractivity contribution in [3.8, 4) is 23.1 Å². The summed E-state index contributed by atoms with van der Waals surface area (Å²) in [5, 5.41) is 20.6. The summed E-state index contributed by atoms with van der Waals surface area (Å²) in [6, 6.07) is 20.3. The smallest absolute Gasteiger partial charge is 0.236 e. The molecule has 0 saturated heterocycles. The highest BCUT2D eigenvalue weighted by molar-refractivity contribution is 7.99. The number of hydrogen-bond acceptors (Lipinski definition) is 5. The number of anilines is 1. The second kappa shape index (κ2) is 9.57. The first kappa shape index (κ1) is 22.0. The Morgan fingerprint density at radius 2 is 1.91 bits per heavy atom. The van der Waals surface area contributed by atoms with Crippen LogP contribution < -0.4 is 5.32 Å². The third kappa shape index (κ3) is 4.35. The number of nitriles is 1. The molecule has 1 aliphatic carbocycles. The van der Waals surface area contributed by atoms with Crippen LogP contribution in [0.25, 0.3) is 17.1 Å². The number of nitrogens with one attached hydrogen (secondary N) is 2. The number of aryl methyl sites for hydroxylation is 1. The Morgan fingerprint density at radius 1 is 1.15 bits per heavy atom. The molecule has 0 fully saturated rings. The minimum absolute atomic E-state index is 0.140. The molecule has 2 aromatic carbocycles. The van der Waals surface area contributed by atoms with Crippen LogP contribution in [0.2, 0.25) is 0 Å². The fourth-order valence-electron chi connectivity index (χ4n) is 4.35. The average Bonchev–Trinajstić information content (AvgIpc) is 3.46. The van der Waals surface area contributed by atoms with Crippen LogP contribution in [-0.2, 0) is 17.6 Å². The third-order valence-corrected chi connectivity index (χ3v) is 6.82. The van der Waals surface area contributed by atoms with Gasteiger partial charge in [-0.1, -0.05) is 59.8 Å². The largest absolute Gasteiger partial charge is 0.310 e. The Bertz CT molecular complexity index is 1370. The molecule has 1 amide bonds. The van der Waals surface area contributed by atoms with Gasteiger partial charge in [0.1, 0.15) is 11.9 Å². The number of nitrogens with zero attached hydrogens (tertiary/aromatic N) is 4. The molecule has 2 aromatic heterocycles. The highest BCUT2D eigenvalue weighted by Crippen LogP contribution is 2.35. The summed E-state index contributed by atoms with van der Waals surface area (Å²) < 4.78 is 2.04. The van der Waals surface area contributed by atoms with Crippen LogP contribution in [-0.4, -0.2) is 31.4 Å². The molecule has 0 saturated carbocycles. The van der Waals surface area contributed by atoms with E-state index in [0.29, 0.717) is 22.4 Å². The van der Waals surface area contributed by atoms with Gasteiger partial charge in [-0.25, -0.2) is 4.98 Å². The van der Waals surface area contributed by atoms with Crippen LogP contribution >= 0.6 is 11.8 Å². The first-order valence-electron chi connectivity index (χ1n) is 11.3. The van der Waals surface area contributed by atoms with Crippen LogP contribution in [0.5, 0.6) is 0 Å². The molecule has 170 valence electrons. The quantitative estimate of drug-likeness (QED) is 0.386. The van der Waals surface area contributed by atoms with Gasteiger partial charge in [-0.3, -0.25) is 14.5 Å². The minimum atomic E-state index is -0.199. The summed E-state index contributed by atoms with van der Waals surface area (Å²) in [4.78, 5) is 17.4. The van der Waals surface area contributed by atoms with Crippen molar-refractivity contribution < 1.29 is 4.79 Å². The van der Waals surface area contributed by atoms with E-state index in [1.807, 2.05) is 66.1 Å². The second-order valence-electron chi connectivity index (χ2n) is 8.31. The van der Waals surface area contributed by atoms with Gasteiger partial charge in [0.2, 0.25) is 11.1 Å². The maximum atomic E-state index is 12.9. The normalized spacial score (nSPS) is 12.7. The lowest BCUT2D eigenvalue weighted by atomic mass is 9.95. The van der Waals surface area contributed by atoms with Gasteiger partial charge in [-0.05, 0) is 50.3 Å². The van der Waals surface area contributed by atoms with E-state index in [1.165, 1.54) is 17.3 Å². The van der Waals surface area contributed by atoms with E-state index < -0.39 is 0 Å². The number of hydrogen-bond donors (Lipinski definition) is 2. The van der Waals surface area contributed by atoms with E-state index in [9.17, 15) is 10.1 Å². The highest BCUT2D eigenvalue weighted by atomic mass is 32.2. The fourth-order valence-corrected chi connectivity index (χ4v) is 4.94. The number of carbonyl (C=O) groups excluding carboxylic acids is 1. The first-order valence-corrected chi connectivity index (χ1v) is 12.3. The zero-order valence-corrected chi connectivity index (χ0v) is 19.7. The molecule has 5 rings (SSSR count). The molecule has 0 unspecified atom stereocenters. The van der Waals surface area contributed by atoms with Gasteiger partial charge in [0.25, 0.3) is 0 Å². The molecule has 0 spiro atoms. The molecule has 0 aliphatic heterocycles. The van der Waals surface area contributed by atoms with Gasteiger partial charge in [-0.2, -0.15) is 5.26 Å². The lowest BCUT2D eigenvalue weighted by Crippen LogP contribution is -2.18. The van der Waals surface area contributed by atoms with Crippen molar-refractivity contribution in [2.24, 2.45) is 0 Å². The SMILES string of the molecule is Cc1ccc(-c2nc(SCC(=O)Nc3c(C#N)c4c(n3-c3ccccc3)CCCC4)n[nH]2)cc1. The van der Waals surface area contributed by atoms with Crippen molar-refractivity contribution in [3.05, 3.63) is 77.0 Å². The molecule has 7 nitrogen and oxygen atoms in total. The Labute approximate surface area is 202 Å². The molecule has 0 bridgehead atoms. The van der Waals surface area contributed by atoms with Gasteiger partial charge >= 0.3 is 0 Å². The highest BCUT2D eigenvalue weighted by Gasteiger charge is 2.26. The summed E-state index contributed by atoms with van der Waals surface area (Å²) in [5.74, 6) is 1.16. The molecule has 34 heavy (non-hydrogen) atoms. The van der Waals surface area contributed by atoms with Crippen molar-refractivity contribution in [1.29, 1.82) is 5.26 Å². The molecule has 1 aliphatic rings. The Balaban J connectivity index is 1.36. The number of para-hydroxylation sites is 1. The summed E-state index contributed by atoms with van der Waals surface area (Å²) in [6.07, 6.45) is 3.88. The summed E-state index contributed by atoms with van der Waals surface area (Å²) in [6.45, 7) is 2.03. The van der Waals surface area contributed by atoms with E-state index in [2.05, 4.69) is 26.6 Å². The van der Waals surface area contributed by atoms with E-state index in [-0.39, 0.29) is 11.7 Å². The molecular weight excluding hydrogens is 444 g/mol. The number of amides is 1. The summed E-state index contributed by atoms with van der Waals surface area (Å²) >= 11 is 1.26. The standard InChI is InChI=1S/C26H24N6OS/c1-17-11-13-18(14-12-17)24-29-26(31-30-24)34-16-23(33)28-25-21(15-27)20-9-5-6-10-22(20)32(25)19-7-3-2-4-8-19/h2-4,7-8,11-14H,5-6,9-10,16H2,1H3,(H,28,33)(H,29,30,31). The monoisotopic (exact) mass is 468 g/mol. The lowest BCUT2D eigenvalue weighted by Gasteiger charge is -2.17. The number of carbonyl (C=O) groups is 1.